The zero-order chi connectivity index (χ0) is 24.1. The van der Waals surface area contributed by atoms with Gasteiger partial charge in [-0.15, -0.1) is 0 Å². The molecule has 1 amide bonds. The van der Waals surface area contributed by atoms with Crippen LogP contribution in [0.25, 0.3) is 0 Å². The first-order valence-corrected chi connectivity index (χ1v) is 11.3. The van der Waals surface area contributed by atoms with Crippen LogP contribution in [0.15, 0.2) is 66.7 Å². The van der Waals surface area contributed by atoms with Gasteiger partial charge in [-0.3, -0.25) is 9.69 Å². The fourth-order valence-corrected chi connectivity index (χ4v) is 4.13. The van der Waals surface area contributed by atoms with E-state index in [0.717, 1.165) is 29.9 Å². The van der Waals surface area contributed by atoms with Crippen LogP contribution in [0.1, 0.15) is 27.0 Å². The van der Waals surface area contributed by atoms with Gasteiger partial charge >= 0.3 is 5.97 Å². The lowest BCUT2D eigenvalue weighted by molar-refractivity contribution is -0.115. The predicted molar refractivity (Wildman–Crippen MR) is 131 cm³/mol. The molecular formula is C27H28FN3O3. The number of piperazine rings is 1. The average molecular weight is 462 g/mol. The topological polar surface area (TPSA) is 72.9 Å². The Labute approximate surface area is 198 Å². The average Bonchev–Trinajstić information content (AvgIpc) is 2.83. The zero-order valence-electron chi connectivity index (χ0n) is 19.1. The third kappa shape index (κ3) is 5.80. The molecule has 1 heterocycles. The summed E-state index contributed by atoms with van der Waals surface area (Å²) >= 11 is 0. The van der Waals surface area contributed by atoms with Gasteiger partial charge in [-0.2, -0.15) is 0 Å². The van der Waals surface area contributed by atoms with E-state index in [2.05, 4.69) is 15.1 Å². The SMILES string of the molecule is Cc1ccc(CC(=O)Nc2ccc(N3CCN(Cc4ccccc4F)CC3)cc2C(=O)O)cc1. The minimum atomic E-state index is -1.09. The molecule has 4 rings (SSSR count). The predicted octanol–water partition coefficient (Wildman–Crippen LogP) is 4.34. The van der Waals surface area contributed by atoms with Gasteiger partial charge in [0.15, 0.2) is 0 Å². The van der Waals surface area contributed by atoms with Gasteiger partial charge < -0.3 is 15.3 Å². The normalized spacial score (nSPS) is 14.1. The highest BCUT2D eigenvalue weighted by Crippen LogP contribution is 2.25. The minimum Gasteiger partial charge on any atom is -0.478 e. The van der Waals surface area contributed by atoms with E-state index in [4.69, 9.17) is 0 Å². The number of carbonyl (C=O) groups excluding carboxylic acids is 1. The molecule has 0 spiro atoms. The number of carboxylic acid groups (broad SMARTS) is 1. The van der Waals surface area contributed by atoms with Gasteiger partial charge in [0.2, 0.25) is 5.91 Å². The Balaban J connectivity index is 1.39. The summed E-state index contributed by atoms with van der Waals surface area (Å²) in [6.45, 7) is 5.41. The quantitative estimate of drug-likeness (QED) is 0.548. The van der Waals surface area contributed by atoms with Crippen LogP contribution in [0.3, 0.4) is 0 Å². The maximum Gasteiger partial charge on any atom is 0.337 e. The van der Waals surface area contributed by atoms with Crippen LogP contribution in [0.5, 0.6) is 0 Å². The highest BCUT2D eigenvalue weighted by atomic mass is 19.1. The molecule has 0 unspecified atom stereocenters. The number of rotatable bonds is 7. The molecule has 2 N–H and O–H groups in total. The highest BCUT2D eigenvalue weighted by molar-refractivity contribution is 6.01. The summed E-state index contributed by atoms with van der Waals surface area (Å²) in [4.78, 5) is 28.7. The summed E-state index contributed by atoms with van der Waals surface area (Å²) < 4.78 is 13.9. The van der Waals surface area contributed by atoms with Crippen molar-refractivity contribution in [2.45, 2.75) is 19.9 Å². The molecule has 0 saturated carbocycles. The van der Waals surface area contributed by atoms with Crippen molar-refractivity contribution in [1.82, 2.24) is 4.90 Å². The number of anilines is 2. The lowest BCUT2D eigenvalue weighted by Crippen LogP contribution is -2.46. The van der Waals surface area contributed by atoms with Gasteiger partial charge in [-0.25, -0.2) is 9.18 Å². The van der Waals surface area contributed by atoms with Gasteiger partial charge in [0.25, 0.3) is 0 Å². The molecule has 0 aromatic heterocycles. The maximum absolute atomic E-state index is 13.9. The summed E-state index contributed by atoms with van der Waals surface area (Å²) in [5.74, 6) is -1.55. The molecule has 3 aromatic rings. The van der Waals surface area contributed by atoms with E-state index >= 15 is 0 Å². The molecule has 1 fully saturated rings. The zero-order valence-corrected chi connectivity index (χ0v) is 19.1. The summed E-state index contributed by atoms with van der Waals surface area (Å²) in [5.41, 5.74) is 3.79. The second-order valence-corrected chi connectivity index (χ2v) is 8.60. The highest BCUT2D eigenvalue weighted by Gasteiger charge is 2.21. The van der Waals surface area contributed by atoms with Crippen LogP contribution in [0, 0.1) is 12.7 Å². The number of carbonyl (C=O) groups is 2. The fourth-order valence-electron chi connectivity index (χ4n) is 4.13. The second kappa shape index (κ2) is 10.5. The Bertz CT molecular complexity index is 1170. The summed E-state index contributed by atoms with van der Waals surface area (Å²) in [6.07, 6.45) is 0.172. The maximum atomic E-state index is 13.9. The van der Waals surface area contributed by atoms with Crippen molar-refractivity contribution in [2.75, 3.05) is 36.4 Å². The number of amides is 1. The molecule has 6 nitrogen and oxygen atoms in total. The number of carboxylic acids is 1. The van der Waals surface area contributed by atoms with E-state index in [-0.39, 0.29) is 29.4 Å². The summed E-state index contributed by atoms with van der Waals surface area (Å²) in [7, 11) is 0. The van der Waals surface area contributed by atoms with Crippen molar-refractivity contribution in [1.29, 1.82) is 0 Å². The van der Waals surface area contributed by atoms with Crippen molar-refractivity contribution in [2.24, 2.45) is 0 Å². The van der Waals surface area contributed by atoms with Crippen LogP contribution in [-0.4, -0.2) is 48.1 Å². The molecule has 1 aliphatic rings. The first kappa shape index (κ1) is 23.4. The van der Waals surface area contributed by atoms with Gasteiger partial charge in [-0.1, -0.05) is 48.0 Å². The molecule has 3 aromatic carbocycles. The van der Waals surface area contributed by atoms with Crippen molar-refractivity contribution >= 4 is 23.3 Å². The van der Waals surface area contributed by atoms with E-state index in [0.29, 0.717) is 25.2 Å². The monoisotopic (exact) mass is 461 g/mol. The Morgan fingerprint density at radius 3 is 2.35 bits per heavy atom. The number of hydrogen-bond acceptors (Lipinski definition) is 4. The van der Waals surface area contributed by atoms with Gasteiger partial charge in [-0.05, 0) is 36.8 Å². The third-order valence-electron chi connectivity index (χ3n) is 6.08. The molecule has 0 atom stereocenters. The lowest BCUT2D eigenvalue weighted by Gasteiger charge is -2.36. The first-order valence-electron chi connectivity index (χ1n) is 11.3. The summed E-state index contributed by atoms with van der Waals surface area (Å²) in [6, 6.07) is 19.5. The van der Waals surface area contributed by atoms with Crippen LogP contribution >= 0.6 is 0 Å². The van der Waals surface area contributed by atoms with Crippen LogP contribution in [-0.2, 0) is 17.8 Å². The second-order valence-electron chi connectivity index (χ2n) is 8.60. The lowest BCUT2D eigenvalue weighted by atomic mass is 10.1. The summed E-state index contributed by atoms with van der Waals surface area (Å²) in [5, 5.41) is 12.5. The Morgan fingerprint density at radius 1 is 0.971 bits per heavy atom. The van der Waals surface area contributed by atoms with Crippen molar-refractivity contribution in [3.63, 3.8) is 0 Å². The van der Waals surface area contributed by atoms with E-state index in [1.165, 1.54) is 6.07 Å². The smallest absolute Gasteiger partial charge is 0.337 e. The largest absolute Gasteiger partial charge is 0.478 e. The molecule has 1 saturated heterocycles. The number of halogens is 1. The van der Waals surface area contributed by atoms with Crippen LogP contribution in [0.2, 0.25) is 0 Å². The van der Waals surface area contributed by atoms with Gasteiger partial charge in [0.1, 0.15) is 5.82 Å². The van der Waals surface area contributed by atoms with Crippen LogP contribution < -0.4 is 10.2 Å². The number of aryl methyl sites for hydroxylation is 1. The van der Waals surface area contributed by atoms with E-state index in [1.807, 2.05) is 43.3 Å². The standard InChI is InChI=1S/C27H28FN3O3/c1-19-6-8-20(9-7-19)16-26(32)29-25-11-10-22(17-23(25)27(33)34)31-14-12-30(13-15-31)18-21-4-2-3-5-24(21)28/h2-11,17H,12-16,18H2,1H3,(H,29,32)(H,33,34). The number of nitrogens with one attached hydrogen (secondary N) is 1. The number of aromatic carboxylic acids is 1. The molecule has 176 valence electrons. The molecule has 7 heteroatoms. The molecular weight excluding hydrogens is 433 g/mol. The molecule has 1 aliphatic heterocycles. The number of nitrogens with zero attached hydrogens (tertiary/aromatic N) is 2. The van der Waals surface area contributed by atoms with E-state index in [1.54, 1.807) is 24.3 Å². The third-order valence-corrected chi connectivity index (χ3v) is 6.08. The van der Waals surface area contributed by atoms with Crippen molar-refractivity contribution in [3.8, 4) is 0 Å². The number of hydrogen-bond donors (Lipinski definition) is 2. The van der Waals surface area contributed by atoms with Crippen molar-refractivity contribution < 1.29 is 19.1 Å². The Kier molecular flexibility index (Phi) is 7.23. The molecule has 34 heavy (non-hydrogen) atoms. The first-order chi connectivity index (χ1) is 16.4. The van der Waals surface area contributed by atoms with E-state index < -0.39 is 5.97 Å². The fraction of sp³-hybridized carbons (Fsp3) is 0.259. The molecule has 0 radical (unpaired) electrons. The van der Waals surface area contributed by atoms with Crippen molar-refractivity contribution in [3.05, 3.63) is 94.8 Å². The minimum absolute atomic E-state index is 0.0588. The van der Waals surface area contributed by atoms with Gasteiger partial charge in [0.05, 0.1) is 17.7 Å². The Hall–Kier alpha value is -3.71. The van der Waals surface area contributed by atoms with E-state index in [9.17, 15) is 19.1 Å². The van der Waals surface area contributed by atoms with Crippen LogP contribution in [0.4, 0.5) is 15.8 Å². The molecule has 0 bridgehead atoms. The Morgan fingerprint density at radius 2 is 1.68 bits per heavy atom. The number of benzene rings is 3. The molecule has 0 aliphatic carbocycles. The van der Waals surface area contributed by atoms with Gasteiger partial charge in [0, 0.05) is 44.0 Å².